The number of primary amides is 1. The van der Waals surface area contributed by atoms with Gasteiger partial charge in [-0.05, 0) is 50.4 Å². The van der Waals surface area contributed by atoms with Crippen molar-refractivity contribution in [2.75, 3.05) is 19.6 Å². The first kappa shape index (κ1) is 47.4. The summed E-state index contributed by atoms with van der Waals surface area (Å²) in [6.45, 7) is 6.82. The Labute approximate surface area is 330 Å². The number of H-pyrrole nitrogens is 1. The van der Waals surface area contributed by atoms with Gasteiger partial charge in [0.05, 0.1) is 18.9 Å². The summed E-state index contributed by atoms with van der Waals surface area (Å²) < 4.78 is 0. The summed E-state index contributed by atoms with van der Waals surface area (Å²) in [5, 5.41) is 22.6. The van der Waals surface area contributed by atoms with E-state index in [9.17, 15) is 43.5 Å². The van der Waals surface area contributed by atoms with Gasteiger partial charge in [0.15, 0.2) is 5.96 Å². The zero-order valence-corrected chi connectivity index (χ0v) is 32.9. The molecular weight excluding hydrogens is 746 g/mol. The fourth-order valence-electron chi connectivity index (χ4n) is 6.08. The number of amides is 7. The van der Waals surface area contributed by atoms with E-state index >= 15 is 0 Å². The Hall–Kier alpha value is -5.80. The Balaban J connectivity index is 2.14. The second kappa shape index (κ2) is 23.3. The molecule has 0 saturated carbocycles. The molecule has 22 heteroatoms. The number of nitrogens with zero attached hydrogens (tertiary/aromatic N) is 3. The highest BCUT2D eigenvalue weighted by Crippen LogP contribution is 2.19. The molecule has 7 amide bonds. The van der Waals surface area contributed by atoms with Crippen molar-refractivity contribution in [2.24, 2.45) is 39.8 Å². The molecule has 1 saturated heterocycles. The molecular formula is C35H59N13O9. The third-order valence-electron chi connectivity index (χ3n) is 9.06. The van der Waals surface area contributed by atoms with E-state index in [0.717, 1.165) is 0 Å². The summed E-state index contributed by atoms with van der Waals surface area (Å²) in [5.41, 5.74) is 22.2. The van der Waals surface area contributed by atoms with E-state index in [1.54, 1.807) is 13.8 Å². The van der Waals surface area contributed by atoms with Gasteiger partial charge in [-0.2, -0.15) is 0 Å². The van der Waals surface area contributed by atoms with Crippen LogP contribution in [0, 0.1) is 11.8 Å². The average molecular weight is 806 g/mol. The number of likely N-dealkylation sites (tertiary alicyclic amines) is 1. The molecule has 0 aliphatic carbocycles. The third-order valence-corrected chi connectivity index (χ3v) is 9.06. The smallest absolute Gasteiger partial charge is 0.326 e. The topological polar surface area (TPSA) is 365 Å². The minimum atomic E-state index is -1.29. The molecule has 0 aromatic carbocycles. The number of aromatic amines is 1. The van der Waals surface area contributed by atoms with Crippen LogP contribution < -0.4 is 49.5 Å². The molecule has 1 aromatic heterocycles. The number of hydrogen-bond acceptors (Lipinski definition) is 11. The van der Waals surface area contributed by atoms with Crippen LogP contribution in [0.3, 0.4) is 0 Å². The van der Waals surface area contributed by atoms with Crippen molar-refractivity contribution in [1.82, 2.24) is 41.5 Å². The lowest BCUT2D eigenvalue weighted by Gasteiger charge is -2.28. The van der Waals surface area contributed by atoms with Crippen LogP contribution >= 0.6 is 0 Å². The Kier molecular flexibility index (Phi) is 19.4. The minimum absolute atomic E-state index is 0.0167. The number of carboxylic acids is 1. The Morgan fingerprint density at radius 2 is 1.60 bits per heavy atom. The van der Waals surface area contributed by atoms with Gasteiger partial charge in [-0.15, -0.1) is 0 Å². The van der Waals surface area contributed by atoms with E-state index in [-0.39, 0.29) is 63.5 Å². The normalized spacial score (nSPS) is 16.4. The molecule has 57 heavy (non-hydrogen) atoms. The van der Waals surface area contributed by atoms with Crippen molar-refractivity contribution in [2.45, 2.75) is 115 Å². The van der Waals surface area contributed by atoms with Crippen molar-refractivity contribution < 1.29 is 43.5 Å². The van der Waals surface area contributed by atoms with Gasteiger partial charge in [0.1, 0.15) is 30.2 Å². The molecule has 1 aliphatic heterocycles. The summed E-state index contributed by atoms with van der Waals surface area (Å²) >= 11 is 0. The lowest BCUT2D eigenvalue weighted by molar-refractivity contribution is -0.143. The summed E-state index contributed by atoms with van der Waals surface area (Å²) in [4.78, 5) is 115. The highest BCUT2D eigenvalue weighted by Gasteiger charge is 2.37. The van der Waals surface area contributed by atoms with Gasteiger partial charge in [0.25, 0.3) is 0 Å². The summed E-state index contributed by atoms with van der Waals surface area (Å²) in [7, 11) is 0. The molecule has 22 nitrogen and oxygen atoms in total. The van der Waals surface area contributed by atoms with Gasteiger partial charge in [-0.3, -0.25) is 38.6 Å². The molecule has 1 aromatic rings. The Morgan fingerprint density at radius 3 is 2.18 bits per heavy atom. The predicted molar refractivity (Wildman–Crippen MR) is 206 cm³/mol. The molecule has 0 bridgehead atoms. The molecule has 0 spiro atoms. The van der Waals surface area contributed by atoms with Crippen molar-refractivity contribution in [3.8, 4) is 0 Å². The monoisotopic (exact) mass is 805 g/mol. The number of aromatic nitrogens is 2. The zero-order valence-electron chi connectivity index (χ0n) is 32.9. The minimum Gasteiger partial charge on any atom is -0.480 e. The SMILES string of the molecule is CC(C)C[C@H](NC(=O)[C@H](Cc1cnc[nH]1)NC(=O)CNC(=O)[C@@H]1CCCN1C(=O)[C@@H](N)CCC(N)=O)C(=O)N[C@H](C(=O)N[C@@H](CCCN=C(N)N)C(=O)O)C(C)C. The van der Waals surface area contributed by atoms with Crippen LogP contribution in [0.1, 0.15) is 78.3 Å². The van der Waals surface area contributed by atoms with E-state index in [1.165, 1.54) is 17.4 Å². The number of nitrogens with two attached hydrogens (primary N) is 4. The van der Waals surface area contributed by atoms with Gasteiger partial charge in [0, 0.05) is 37.8 Å². The van der Waals surface area contributed by atoms with Crippen molar-refractivity contribution in [3.63, 3.8) is 0 Å². The van der Waals surface area contributed by atoms with E-state index in [1.807, 2.05) is 13.8 Å². The maximum Gasteiger partial charge on any atom is 0.326 e. The van der Waals surface area contributed by atoms with Crippen molar-refractivity contribution in [3.05, 3.63) is 18.2 Å². The largest absolute Gasteiger partial charge is 0.480 e. The van der Waals surface area contributed by atoms with Gasteiger partial charge in [-0.1, -0.05) is 27.7 Å². The number of nitrogens with one attached hydrogen (secondary N) is 6. The second-order valence-corrected chi connectivity index (χ2v) is 14.7. The molecule has 1 aliphatic rings. The standard InChI is InChI=1S/C35H59N13O9/c1-18(2)13-23(30(52)47-28(19(3)4)32(54)45-22(34(56)57)7-5-11-41-35(38)39)46-29(51)24(14-20-15-40-17-43-20)44-27(50)16-42-31(53)25-8-6-12-48(25)33(55)21(36)9-10-26(37)49/h15,17-19,21-25,28H,5-14,16,36H2,1-4H3,(H2,37,49)(H,40,43)(H,42,53)(H,44,50)(H,45,54)(H,46,51)(H,47,52)(H,56,57)(H4,38,39,41)/t21-,22-,23-,24-,25-,28-/m0/s1. The molecule has 0 radical (unpaired) electrons. The maximum atomic E-state index is 13.8. The molecule has 1 fully saturated rings. The van der Waals surface area contributed by atoms with Gasteiger partial charge in [-0.25, -0.2) is 9.78 Å². The third kappa shape index (κ3) is 16.5. The first-order valence-electron chi connectivity index (χ1n) is 18.9. The van der Waals surface area contributed by atoms with Crippen molar-refractivity contribution in [1.29, 1.82) is 0 Å². The van der Waals surface area contributed by atoms with E-state index in [2.05, 4.69) is 41.5 Å². The number of carbonyl (C=O) groups excluding carboxylic acids is 7. The van der Waals surface area contributed by atoms with Crippen molar-refractivity contribution >= 4 is 53.3 Å². The summed E-state index contributed by atoms with van der Waals surface area (Å²) in [6, 6.07) is -6.83. The predicted octanol–water partition coefficient (Wildman–Crippen LogP) is -3.57. The van der Waals surface area contributed by atoms with Crippen LogP contribution in [-0.4, -0.2) is 129 Å². The van der Waals surface area contributed by atoms with E-state index in [0.29, 0.717) is 18.5 Å². The van der Waals surface area contributed by atoms with Crippen LogP contribution in [0.15, 0.2) is 17.5 Å². The molecule has 6 atom stereocenters. The number of imidazole rings is 1. The number of carboxylic acid groups (broad SMARTS) is 1. The van der Waals surface area contributed by atoms with Crippen LogP contribution in [0.5, 0.6) is 0 Å². The molecule has 2 heterocycles. The molecule has 15 N–H and O–H groups in total. The van der Waals surface area contributed by atoms with Crippen LogP contribution in [0.4, 0.5) is 0 Å². The van der Waals surface area contributed by atoms with Crippen LogP contribution in [0.25, 0.3) is 0 Å². The molecule has 318 valence electrons. The Bertz CT molecular complexity index is 1580. The number of guanidine groups is 1. The first-order valence-corrected chi connectivity index (χ1v) is 18.9. The second-order valence-electron chi connectivity index (χ2n) is 14.7. The lowest BCUT2D eigenvalue weighted by atomic mass is 9.99. The highest BCUT2D eigenvalue weighted by atomic mass is 16.4. The zero-order chi connectivity index (χ0) is 42.8. The number of aliphatic imine (C=N–C) groups is 1. The molecule has 2 rings (SSSR count). The molecule has 0 unspecified atom stereocenters. The average Bonchev–Trinajstić information content (AvgIpc) is 3.84. The number of hydrogen-bond donors (Lipinski definition) is 11. The number of carbonyl (C=O) groups is 8. The van der Waals surface area contributed by atoms with E-state index in [4.69, 9.17) is 22.9 Å². The lowest BCUT2D eigenvalue weighted by Crippen LogP contribution is -2.59. The van der Waals surface area contributed by atoms with Gasteiger partial charge >= 0.3 is 5.97 Å². The summed E-state index contributed by atoms with van der Waals surface area (Å²) in [5.74, 6) is -6.74. The Morgan fingerprint density at radius 1 is 0.930 bits per heavy atom. The van der Waals surface area contributed by atoms with Gasteiger partial charge < -0.3 is 64.5 Å². The van der Waals surface area contributed by atoms with Crippen LogP contribution in [0.2, 0.25) is 0 Å². The first-order chi connectivity index (χ1) is 26.8. The van der Waals surface area contributed by atoms with Gasteiger partial charge in [0.2, 0.25) is 41.4 Å². The fraction of sp³-hybridized carbons (Fsp3) is 0.657. The number of aliphatic carboxylic acids is 1. The maximum absolute atomic E-state index is 13.8. The number of rotatable bonds is 24. The summed E-state index contributed by atoms with van der Waals surface area (Å²) in [6.07, 6.45) is 3.93. The van der Waals surface area contributed by atoms with E-state index < -0.39 is 96.0 Å². The quantitative estimate of drug-likeness (QED) is 0.0274. The van der Waals surface area contributed by atoms with Crippen LogP contribution in [-0.2, 0) is 44.8 Å². The fourth-order valence-corrected chi connectivity index (χ4v) is 6.08. The highest BCUT2D eigenvalue weighted by molar-refractivity contribution is 5.96.